The van der Waals surface area contributed by atoms with Crippen LogP contribution in [0.3, 0.4) is 0 Å². The Morgan fingerprint density at radius 2 is 2.11 bits per heavy atom. The van der Waals surface area contributed by atoms with Crippen LogP contribution >= 0.6 is 22.6 Å². The second kappa shape index (κ2) is 4.66. The van der Waals surface area contributed by atoms with Crippen LogP contribution in [0.25, 0.3) is 16.7 Å². The molecule has 2 heterocycles. The molecule has 1 N–H and O–H groups in total. The van der Waals surface area contributed by atoms with E-state index < -0.39 is 0 Å². The lowest BCUT2D eigenvalue weighted by Gasteiger charge is -2.07. The third kappa shape index (κ3) is 1.99. The first-order valence-corrected chi connectivity index (χ1v) is 6.56. The van der Waals surface area contributed by atoms with Crippen molar-refractivity contribution < 1.29 is 5.11 Å². The van der Waals surface area contributed by atoms with E-state index in [4.69, 9.17) is 0 Å². The van der Waals surface area contributed by atoms with Gasteiger partial charge in [0.1, 0.15) is 0 Å². The maximum Gasteiger partial charge on any atom is 0.154 e. The van der Waals surface area contributed by atoms with Crippen LogP contribution in [0, 0.1) is 3.57 Å². The molecule has 0 spiro atoms. The highest BCUT2D eigenvalue weighted by molar-refractivity contribution is 14.1. The van der Waals surface area contributed by atoms with Gasteiger partial charge in [0.05, 0.1) is 21.9 Å². The third-order valence-corrected chi connectivity index (χ3v) is 3.30. The molecule has 0 radical (unpaired) electrons. The van der Waals surface area contributed by atoms with Gasteiger partial charge in [0, 0.05) is 11.6 Å². The van der Waals surface area contributed by atoms with Gasteiger partial charge in [0.15, 0.2) is 5.82 Å². The maximum atomic E-state index is 9.45. The fraction of sp³-hybridized carbons (Fsp3) is 0.0769. The molecule has 0 fully saturated rings. The molecular formula is C13H10IN3O. The number of hydrogen-bond donors (Lipinski definition) is 1. The number of pyridine rings is 1. The molecule has 0 saturated carbocycles. The highest BCUT2D eigenvalue weighted by Crippen LogP contribution is 2.20. The van der Waals surface area contributed by atoms with Crippen molar-refractivity contribution in [2.75, 3.05) is 0 Å². The predicted octanol–water partition coefficient (Wildman–Crippen LogP) is 2.52. The molecule has 5 heteroatoms. The summed E-state index contributed by atoms with van der Waals surface area (Å²) in [6.45, 7) is -0.00556. The van der Waals surface area contributed by atoms with Crippen molar-refractivity contribution >= 4 is 33.5 Å². The Balaban J connectivity index is 2.25. The van der Waals surface area contributed by atoms with Crippen LogP contribution in [0.2, 0.25) is 0 Å². The van der Waals surface area contributed by atoms with E-state index in [1.807, 2.05) is 36.5 Å². The fourth-order valence-electron chi connectivity index (χ4n) is 1.91. The zero-order valence-corrected chi connectivity index (χ0v) is 11.6. The minimum atomic E-state index is -0.00556. The lowest BCUT2D eigenvalue weighted by atomic mass is 10.1. The molecule has 0 aliphatic heterocycles. The molecule has 3 rings (SSSR count). The Morgan fingerprint density at radius 3 is 2.83 bits per heavy atom. The summed E-state index contributed by atoms with van der Waals surface area (Å²) in [7, 11) is 0. The van der Waals surface area contributed by atoms with E-state index >= 15 is 0 Å². The van der Waals surface area contributed by atoms with Crippen molar-refractivity contribution in [2.45, 2.75) is 6.61 Å². The number of benzene rings is 1. The summed E-state index contributed by atoms with van der Waals surface area (Å²) < 4.78 is 2.76. The van der Waals surface area contributed by atoms with Gasteiger partial charge in [-0.15, -0.1) is 0 Å². The summed E-state index contributed by atoms with van der Waals surface area (Å²) in [5.41, 5.74) is 1.73. The second-order valence-electron chi connectivity index (χ2n) is 3.92. The van der Waals surface area contributed by atoms with Crippen molar-refractivity contribution in [1.29, 1.82) is 0 Å². The number of aliphatic hydroxyl groups is 1. The zero-order chi connectivity index (χ0) is 12.5. The summed E-state index contributed by atoms with van der Waals surface area (Å²) in [5, 5.41) is 14.7. The number of hydrogen-bond acceptors (Lipinski definition) is 3. The number of aliphatic hydroxyl groups excluding tert-OH is 1. The summed E-state index contributed by atoms with van der Waals surface area (Å²) in [5.74, 6) is 0.723. The number of halogens is 1. The molecule has 0 aliphatic rings. The molecule has 18 heavy (non-hydrogen) atoms. The SMILES string of the molecule is OCc1cc(-n2cc(I)cn2)nc2ccccc12. The molecule has 2 aromatic heterocycles. The normalized spacial score (nSPS) is 11.0. The maximum absolute atomic E-state index is 9.45. The van der Waals surface area contributed by atoms with Crippen LogP contribution in [0.4, 0.5) is 0 Å². The quantitative estimate of drug-likeness (QED) is 0.722. The number of rotatable bonds is 2. The van der Waals surface area contributed by atoms with Crippen LogP contribution in [0.1, 0.15) is 5.56 Å². The Kier molecular flexibility index (Phi) is 3.00. The lowest BCUT2D eigenvalue weighted by molar-refractivity contribution is 0.283. The van der Waals surface area contributed by atoms with Gasteiger partial charge in [-0.05, 0) is 40.3 Å². The molecule has 90 valence electrons. The highest BCUT2D eigenvalue weighted by Gasteiger charge is 2.07. The second-order valence-corrected chi connectivity index (χ2v) is 5.16. The van der Waals surface area contributed by atoms with Crippen molar-refractivity contribution in [2.24, 2.45) is 0 Å². The van der Waals surface area contributed by atoms with E-state index in [1.165, 1.54) is 0 Å². The first-order chi connectivity index (χ1) is 8.78. The topological polar surface area (TPSA) is 50.9 Å². The standard InChI is InChI=1S/C13H10IN3O/c14-10-6-15-17(7-10)13-5-9(8-18)11-3-1-2-4-12(11)16-13/h1-7,18H,8H2. The Morgan fingerprint density at radius 1 is 1.28 bits per heavy atom. The van der Waals surface area contributed by atoms with Gasteiger partial charge in [0.2, 0.25) is 0 Å². The van der Waals surface area contributed by atoms with Gasteiger partial charge in [-0.2, -0.15) is 5.10 Å². The average molecular weight is 351 g/mol. The average Bonchev–Trinajstić information content (AvgIpc) is 2.84. The minimum absolute atomic E-state index is 0.00556. The van der Waals surface area contributed by atoms with Gasteiger partial charge in [-0.25, -0.2) is 9.67 Å². The molecule has 0 unspecified atom stereocenters. The van der Waals surface area contributed by atoms with Crippen LogP contribution in [0.5, 0.6) is 0 Å². The van der Waals surface area contributed by atoms with Gasteiger partial charge >= 0.3 is 0 Å². The molecule has 3 aromatic rings. The fourth-order valence-corrected chi connectivity index (χ4v) is 2.29. The van der Waals surface area contributed by atoms with Crippen molar-refractivity contribution in [3.8, 4) is 5.82 Å². The van der Waals surface area contributed by atoms with Crippen molar-refractivity contribution in [3.63, 3.8) is 0 Å². The highest BCUT2D eigenvalue weighted by atomic mass is 127. The smallest absolute Gasteiger partial charge is 0.154 e. The zero-order valence-electron chi connectivity index (χ0n) is 9.42. The van der Waals surface area contributed by atoms with Gasteiger partial charge < -0.3 is 5.11 Å². The molecule has 0 atom stereocenters. The Bertz CT molecular complexity index is 708. The predicted molar refractivity (Wildman–Crippen MR) is 77.5 cm³/mol. The first-order valence-electron chi connectivity index (χ1n) is 5.48. The van der Waals surface area contributed by atoms with E-state index in [9.17, 15) is 5.11 Å². The van der Waals surface area contributed by atoms with E-state index in [0.717, 1.165) is 25.9 Å². The molecular weight excluding hydrogens is 341 g/mol. The Hall–Kier alpha value is -1.47. The van der Waals surface area contributed by atoms with Gasteiger partial charge in [0.25, 0.3) is 0 Å². The Labute approximate surface area is 117 Å². The molecule has 0 saturated heterocycles. The van der Waals surface area contributed by atoms with Crippen LogP contribution in [-0.4, -0.2) is 19.9 Å². The number of aromatic nitrogens is 3. The summed E-state index contributed by atoms with van der Waals surface area (Å²) in [6.07, 6.45) is 3.68. The third-order valence-electron chi connectivity index (χ3n) is 2.74. The molecule has 4 nitrogen and oxygen atoms in total. The van der Waals surface area contributed by atoms with Crippen molar-refractivity contribution in [3.05, 3.63) is 51.9 Å². The van der Waals surface area contributed by atoms with Gasteiger partial charge in [-0.3, -0.25) is 0 Å². The molecule has 1 aromatic carbocycles. The monoisotopic (exact) mass is 351 g/mol. The van der Waals surface area contributed by atoms with Gasteiger partial charge in [-0.1, -0.05) is 18.2 Å². The largest absolute Gasteiger partial charge is 0.392 e. The molecule has 0 amide bonds. The van der Waals surface area contributed by atoms with Crippen LogP contribution in [-0.2, 0) is 6.61 Å². The van der Waals surface area contributed by atoms with Crippen molar-refractivity contribution in [1.82, 2.24) is 14.8 Å². The summed E-state index contributed by atoms with van der Waals surface area (Å²) in [6, 6.07) is 9.65. The summed E-state index contributed by atoms with van der Waals surface area (Å²) in [4.78, 5) is 4.55. The van der Waals surface area contributed by atoms with Crippen LogP contribution in [0.15, 0.2) is 42.7 Å². The lowest BCUT2D eigenvalue weighted by Crippen LogP contribution is -2.00. The number of para-hydroxylation sites is 1. The van der Waals surface area contributed by atoms with Crippen LogP contribution < -0.4 is 0 Å². The molecule has 0 aliphatic carbocycles. The van der Waals surface area contributed by atoms with E-state index in [-0.39, 0.29) is 6.61 Å². The molecule has 0 bridgehead atoms. The summed E-state index contributed by atoms with van der Waals surface area (Å²) >= 11 is 2.20. The first kappa shape index (κ1) is 11.6. The number of fused-ring (bicyclic) bond motifs is 1. The van der Waals surface area contributed by atoms with E-state index in [1.54, 1.807) is 10.9 Å². The van der Waals surface area contributed by atoms with E-state index in [2.05, 4.69) is 32.7 Å². The van der Waals surface area contributed by atoms with E-state index in [0.29, 0.717) is 0 Å². The minimum Gasteiger partial charge on any atom is -0.392 e. The number of nitrogens with zero attached hydrogens (tertiary/aromatic N) is 3.